The number of likely N-dealkylation sites (tertiary alicyclic amines) is 1. The summed E-state index contributed by atoms with van der Waals surface area (Å²) < 4.78 is 13.1. The number of nitrogens with zero attached hydrogens (tertiary/aromatic N) is 2. The van der Waals surface area contributed by atoms with E-state index in [2.05, 4.69) is 22.0 Å². The van der Waals surface area contributed by atoms with Crippen molar-refractivity contribution in [2.75, 3.05) is 13.1 Å². The molecule has 0 amide bonds. The van der Waals surface area contributed by atoms with E-state index in [9.17, 15) is 4.39 Å². The maximum Gasteiger partial charge on any atom is 0.124 e. The molecule has 0 bridgehead atoms. The molecule has 1 aliphatic heterocycles. The summed E-state index contributed by atoms with van der Waals surface area (Å²) in [4.78, 5) is 6.48. The van der Waals surface area contributed by atoms with Gasteiger partial charge < -0.3 is 0 Å². The molecule has 1 aromatic carbocycles. The molecule has 2 heterocycles. The van der Waals surface area contributed by atoms with Gasteiger partial charge >= 0.3 is 0 Å². The molecule has 2 nitrogen and oxygen atoms in total. The van der Waals surface area contributed by atoms with Crippen LogP contribution in [0.5, 0.6) is 0 Å². The molecular formula is C17H18ClFN2. The Bertz CT molecular complexity index is 603. The molecule has 110 valence electrons. The minimum atomic E-state index is -0.281. The first-order valence-electron chi connectivity index (χ1n) is 7.28. The Labute approximate surface area is 129 Å². The molecule has 1 fully saturated rings. The minimum absolute atomic E-state index is 0.281. The lowest BCUT2D eigenvalue weighted by molar-refractivity contribution is 0.200. The van der Waals surface area contributed by atoms with Crippen LogP contribution in [-0.2, 0) is 6.54 Å². The van der Waals surface area contributed by atoms with Crippen molar-refractivity contribution >= 4 is 11.6 Å². The average molecular weight is 305 g/mol. The third kappa shape index (κ3) is 3.60. The van der Waals surface area contributed by atoms with Crippen molar-refractivity contribution in [3.63, 3.8) is 0 Å². The van der Waals surface area contributed by atoms with Crippen molar-refractivity contribution in [3.05, 3.63) is 64.7 Å². The number of halogens is 2. The monoisotopic (exact) mass is 304 g/mol. The summed E-state index contributed by atoms with van der Waals surface area (Å²) >= 11 is 6.13. The number of piperidine rings is 1. The number of rotatable bonds is 3. The number of hydrogen-bond acceptors (Lipinski definition) is 2. The van der Waals surface area contributed by atoms with Gasteiger partial charge in [-0.2, -0.15) is 0 Å². The molecule has 1 atom stereocenters. The van der Waals surface area contributed by atoms with Crippen LogP contribution in [0.25, 0.3) is 0 Å². The highest BCUT2D eigenvalue weighted by Crippen LogP contribution is 2.28. The smallest absolute Gasteiger partial charge is 0.124 e. The van der Waals surface area contributed by atoms with Crippen molar-refractivity contribution in [2.45, 2.75) is 25.3 Å². The van der Waals surface area contributed by atoms with Crippen LogP contribution >= 0.6 is 11.6 Å². The van der Waals surface area contributed by atoms with Gasteiger partial charge in [0, 0.05) is 30.5 Å². The molecule has 0 aliphatic carbocycles. The van der Waals surface area contributed by atoms with E-state index in [1.54, 1.807) is 6.07 Å². The van der Waals surface area contributed by atoms with Crippen molar-refractivity contribution < 1.29 is 4.39 Å². The summed E-state index contributed by atoms with van der Waals surface area (Å²) in [6, 6.07) is 8.85. The first-order chi connectivity index (χ1) is 10.2. The largest absolute Gasteiger partial charge is 0.298 e. The Morgan fingerprint density at radius 1 is 1.24 bits per heavy atom. The van der Waals surface area contributed by atoms with Crippen LogP contribution in [0.15, 0.2) is 42.7 Å². The molecule has 1 aromatic heterocycles. The molecular weight excluding hydrogens is 287 g/mol. The number of benzene rings is 1. The standard InChI is InChI=1S/C17H18ClFN2/c18-17-10-16(19)4-3-15(17)12-21-9-1-2-14(11-21)13-5-7-20-8-6-13/h3-8,10,14H,1-2,9,11-12H2/t14-/m1/s1. The van der Waals surface area contributed by atoms with E-state index in [0.29, 0.717) is 10.9 Å². The summed E-state index contributed by atoms with van der Waals surface area (Å²) in [6.45, 7) is 2.85. The van der Waals surface area contributed by atoms with Crippen LogP contribution in [0.2, 0.25) is 5.02 Å². The van der Waals surface area contributed by atoms with Crippen molar-refractivity contribution in [1.29, 1.82) is 0 Å². The van der Waals surface area contributed by atoms with Crippen LogP contribution in [-0.4, -0.2) is 23.0 Å². The zero-order valence-electron chi connectivity index (χ0n) is 11.8. The molecule has 0 radical (unpaired) electrons. The Kier molecular flexibility index (Phi) is 4.51. The average Bonchev–Trinajstić information content (AvgIpc) is 2.51. The molecule has 1 saturated heterocycles. The molecule has 0 N–H and O–H groups in total. The minimum Gasteiger partial charge on any atom is -0.298 e. The molecule has 3 rings (SSSR count). The van der Waals surface area contributed by atoms with E-state index in [0.717, 1.165) is 25.2 Å². The lowest BCUT2D eigenvalue weighted by atomic mass is 9.91. The number of pyridine rings is 1. The predicted octanol–water partition coefficient (Wildman–Crippen LogP) is 4.25. The molecule has 2 aromatic rings. The van der Waals surface area contributed by atoms with Gasteiger partial charge in [0.1, 0.15) is 5.82 Å². The van der Waals surface area contributed by atoms with E-state index in [-0.39, 0.29) is 5.82 Å². The first kappa shape index (κ1) is 14.5. The van der Waals surface area contributed by atoms with E-state index in [4.69, 9.17) is 11.6 Å². The second kappa shape index (κ2) is 6.54. The van der Waals surface area contributed by atoms with Gasteiger partial charge in [0.25, 0.3) is 0 Å². The summed E-state index contributed by atoms with van der Waals surface area (Å²) in [6.07, 6.45) is 6.08. The van der Waals surface area contributed by atoms with E-state index >= 15 is 0 Å². The SMILES string of the molecule is Fc1ccc(CN2CCC[C@@H](c3ccncc3)C2)c(Cl)c1. The van der Waals surface area contributed by atoms with Gasteiger partial charge in [-0.3, -0.25) is 9.88 Å². The highest BCUT2D eigenvalue weighted by Gasteiger charge is 2.21. The molecule has 0 spiro atoms. The van der Waals surface area contributed by atoms with Crippen molar-refractivity contribution in [3.8, 4) is 0 Å². The molecule has 1 aliphatic rings. The topological polar surface area (TPSA) is 16.1 Å². The summed E-state index contributed by atoms with van der Waals surface area (Å²) in [5.41, 5.74) is 2.34. The fraction of sp³-hybridized carbons (Fsp3) is 0.353. The van der Waals surface area contributed by atoms with Crippen LogP contribution in [0, 0.1) is 5.82 Å². The molecule has 0 unspecified atom stereocenters. The van der Waals surface area contributed by atoms with Crippen LogP contribution < -0.4 is 0 Å². The Morgan fingerprint density at radius 3 is 2.81 bits per heavy atom. The normalized spacial score (nSPS) is 19.6. The summed E-state index contributed by atoms with van der Waals surface area (Å²) in [5.74, 6) is 0.262. The maximum atomic E-state index is 13.1. The Balaban J connectivity index is 1.69. The van der Waals surface area contributed by atoms with E-state index < -0.39 is 0 Å². The quantitative estimate of drug-likeness (QED) is 0.842. The van der Waals surface area contributed by atoms with Crippen LogP contribution in [0.4, 0.5) is 4.39 Å². The van der Waals surface area contributed by atoms with Gasteiger partial charge in [-0.25, -0.2) is 4.39 Å². The lowest BCUT2D eigenvalue weighted by Gasteiger charge is -2.33. The third-order valence-electron chi connectivity index (χ3n) is 4.09. The predicted molar refractivity (Wildman–Crippen MR) is 82.9 cm³/mol. The summed E-state index contributed by atoms with van der Waals surface area (Å²) in [7, 11) is 0. The van der Waals surface area contributed by atoms with Crippen LogP contribution in [0.1, 0.15) is 29.9 Å². The van der Waals surface area contributed by atoms with Gasteiger partial charge in [0.15, 0.2) is 0 Å². The van der Waals surface area contributed by atoms with Gasteiger partial charge in [0.2, 0.25) is 0 Å². The van der Waals surface area contributed by atoms with Gasteiger partial charge in [-0.15, -0.1) is 0 Å². The first-order valence-corrected chi connectivity index (χ1v) is 7.66. The Hall–Kier alpha value is -1.45. The molecule has 21 heavy (non-hydrogen) atoms. The van der Waals surface area contributed by atoms with E-state index in [1.165, 1.54) is 30.5 Å². The number of hydrogen-bond donors (Lipinski definition) is 0. The fourth-order valence-corrected chi connectivity index (χ4v) is 3.22. The summed E-state index contributed by atoms with van der Waals surface area (Å²) in [5, 5.41) is 0.515. The van der Waals surface area contributed by atoms with Gasteiger partial charge in [-0.05, 0) is 60.7 Å². The fourth-order valence-electron chi connectivity index (χ4n) is 3.00. The Morgan fingerprint density at radius 2 is 2.05 bits per heavy atom. The zero-order valence-corrected chi connectivity index (χ0v) is 12.6. The number of aromatic nitrogens is 1. The third-order valence-corrected chi connectivity index (χ3v) is 4.44. The van der Waals surface area contributed by atoms with Gasteiger partial charge in [-0.1, -0.05) is 17.7 Å². The molecule has 0 saturated carbocycles. The zero-order chi connectivity index (χ0) is 14.7. The second-order valence-corrected chi connectivity index (χ2v) is 6.00. The lowest BCUT2D eigenvalue weighted by Crippen LogP contribution is -2.34. The van der Waals surface area contributed by atoms with Crippen molar-refractivity contribution in [1.82, 2.24) is 9.88 Å². The highest BCUT2D eigenvalue weighted by molar-refractivity contribution is 6.31. The molecule has 4 heteroatoms. The van der Waals surface area contributed by atoms with Crippen LogP contribution in [0.3, 0.4) is 0 Å². The second-order valence-electron chi connectivity index (χ2n) is 5.59. The highest BCUT2D eigenvalue weighted by atomic mass is 35.5. The van der Waals surface area contributed by atoms with Gasteiger partial charge in [0.05, 0.1) is 0 Å². The maximum absolute atomic E-state index is 13.1. The van der Waals surface area contributed by atoms with Crippen molar-refractivity contribution in [2.24, 2.45) is 0 Å². The van der Waals surface area contributed by atoms with E-state index in [1.807, 2.05) is 12.4 Å².